The molecule has 1 saturated heterocycles. The Kier molecular flexibility index (Phi) is 6.82. The topological polar surface area (TPSA) is 74.8 Å². The van der Waals surface area contributed by atoms with Crippen LogP contribution in [0.1, 0.15) is 44.2 Å². The first-order chi connectivity index (χ1) is 16.4. The molecule has 1 atom stereocenters. The molecule has 2 heterocycles. The van der Waals surface area contributed by atoms with Crippen LogP contribution in [0.25, 0.3) is 0 Å². The van der Waals surface area contributed by atoms with Crippen LogP contribution in [-0.2, 0) is 0 Å². The molecule has 1 aromatic heterocycles. The van der Waals surface area contributed by atoms with Gasteiger partial charge in [0.15, 0.2) is 0 Å². The molecule has 7 nitrogen and oxygen atoms in total. The lowest BCUT2D eigenvalue weighted by atomic mass is 9.98. The fraction of sp³-hybridized carbons (Fsp3) is 0.296. The highest BCUT2D eigenvalue weighted by Crippen LogP contribution is 2.30. The van der Waals surface area contributed by atoms with Crippen molar-refractivity contribution in [3.05, 3.63) is 83.0 Å². The van der Waals surface area contributed by atoms with Crippen LogP contribution in [0.5, 0.6) is 5.75 Å². The van der Waals surface area contributed by atoms with E-state index in [9.17, 15) is 9.59 Å². The predicted molar refractivity (Wildman–Crippen MR) is 134 cm³/mol. The van der Waals surface area contributed by atoms with Gasteiger partial charge in [-0.2, -0.15) is 0 Å². The Balaban J connectivity index is 1.44. The summed E-state index contributed by atoms with van der Waals surface area (Å²) in [7, 11) is 5.45. The SMILES string of the molecule is COc1ccc(C2CCN(C(=O)c3ccc(C)c(NC(=O)c4ccc(N(C)C)nc4)c3)C2)cc1. The number of pyridine rings is 1. The average molecular weight is 459 g/mol. The molecular formula is C27H30N4O3. The van der Waals surface area contributed by atoms with Gasteiger partial charge in [-0.25, -0.2) is 4.98 Å². The lowest BCUT2D eigenvalue weighted by Crippen LogP contribution is -2.28. The lowest BCUT2D eigenvalue weighted by Gasteiger charge is -2.18. The van der Waals surface area contributed by atoms with Gasteiger partial charge in [-0.05, 0) is 60.9 Å². The number of nitrogens with zero attached hydrogens (tertiary/aromatic N) is 3. The summed E-state index contributed by atoms with van der Waals surface area (Å²) in [5.74, 6) is 1.62. The highest BCUT2D eigenvalue weighted by atomic mass is 16.5. The molecule has 2 amide bonds. The smallest absolute Gasteiger partial charge is 0.257 e. The third-order valence-electron chi connectivity index (χ3n) is 6.26. The van der Waals surface area contributed by atoms with Gasteiger partial charge in [0.25, 0.3) is 11.8 Å². The number of ether oxygens (including phenoxy) is 1. The molecule has 7 heteroatoms. The van der Waals surface area contributed by atoms with Crippen molar-refractivity contribution in [2.75, 3.05) is 44.5 Å². The van der Waals surface area contributed by atoms with Gasteiger partial charge in [-0.3, -0.25) is 9.59 Å². The van der Waals surface area contributed by atoms with E-state index in [4.69, 9.17) is 4.74 Å². The number of aromatic nitrogens is 1. The molecule has 0 radical (unpaired) electrons. The van der Waals surface area contributed by atoms with Gasteiger partial charge in [0, 0.05) is 50.6 Å². The first-order valence-electron chi connectivity index (χ1n) is 11.3. The van der Waals surface area contributed by atoms with E-state index in [1.54, 1.807) is 31.5 Å². The number of carbonyl (C=O) groups is 2. The first-order valence-corrected chi connectivity index (χ1v) is 11.3. The van der Waals surface area contributed by atoms with Gasteiger partial charge in [-0.1, -0.05) is 18.2 Å². The maximum Gasteiger partial charge on any atom is 0.257 e. The van der Waals surface area contributed by atoms with Crippen LogP contribution in [0.15, 0.2) is 60.8 Å². The number of amides is 2. The van der Waals surface area contributed by atoms with E-state index in [-0.39, 0.29) is 11.8 Å². The summed E-state index contributed by atoms with van der Waals surface area (Å²) in [5.41, 5.74) is 3.75. The number of methoxy groups -OCH3 is 1. The van der Waals surface area contributed by atoms with Crippen LogP contribution < -0.4 is 15.0 Å². The second kappa shape index (κ2) is 9.95. The summed E-state index contributed by atoms with van der Waals surface area (Å²) >= 11 is 0. The molecule has 3 aromatic rings. The van der Waals surface area contributed by atoms with Gasteiger partial charge < -0.3 is 19.9 Å². The van der Waals surface area contributed by atoms with E-state index in [0.29, 0.717) is 35.8 Å². The molecule has 0 saturated carbocycles. The molecule has 1 unspecified atom stereocenters. The zero-order valence-electron chi connectivity index (χ0n) is 20.0. The Labute approximate surface area is 200 Å². The van der Waals surface area contributed by atoms with Crippen molar-refractivity contribution < 1.29 is 14.3 Å². The zero-order chi connectivity index (χ0) is 24.2. The summed E-state index contributed by atoms with van der Waals surface area (Å²) in [6, 6.07) is 17.0. The van der Waals surface area contributed by atoms with Crippen molar-refractivity contribution in [1.29, 1.82) is 0 Å². The van der Waals surface area contributed by atoms with Gasteiger partial charge in [0.2, 0.25) is 0 Å². The molecule has 176 valence electrons. The maximum absolute atomic E-state index is 13.2. The van der Waals surface area contributed by atoms with Crippen molar-refractivity contribution in [2.24, 2.45) is 0 Å². The fourth-order valence-corrected chi connectivity index (χ4v) is 4.14. The van der Waals surface area contributed by atoms with Crippen molar-refractivity contribution in [3.8, 4) is 5.75 Å². The zero-order valence-corrected chi connectivity index (χ0v) is 20.0. The first kappa shape index (κ1) is 23.3. The highest BCUT2D eigenvalue weighted by Gasteiger charge is 2.28. The summed E-state index contributed by atoms with van der Waals surface area (Å²) in [5, 5.41) is 2.93. The third kappa shape index (κ3) is 5.03. The molecule has 0 aliphatic carbocycles. The van der Waals surface area contributed by atoms with Crippen molar-refractivity contribution >= 4 is 23.3 Å². The van der Waals surface area contributed by atoms with Crippen molar-refractivity contribution in [2.45, 2.75) is 19.3 Å². The second-order valence-corrected chi connectivity index (χ2v) is 8.79. The molecular weight excluding hydrogens is 428 g/mol. The van der Waals surface area contributed by atoms with Gasteiger partial charge in [0.05, 0.1) is 12.7 Å². The third-order valence-corrected chi connectivity index (χ3v) is 6.26. The summed E-state index contributed by atoms with van der Waals surface area (Å²) in [4.78, 5) is 34.0. The number of likely N-dealkylation sites (tertiary alicyclic amines) is 1. The Morgan fingerprint density at radius 3 is 2.44 bits per heavy atom. The standard InChI is InChI=1S/C27H30N4O3/c1-18-5-6-20(15-24(18)29-26(32)21-9-12-25(28-16-21)30(2)3)27(33)31-14-13-22(17-31)19-7-10-23(34-4)11-8-19/h5-12,15-16,22H,13-14,17H2,1-4H3,(H,29,32). The maximum atomic E-state index is 13.2. The van der Waals surface area contributed by atoms with Crippen LogP contribution in [0.2, 0.25) is 0 Å². The van der Waals surface area contributed by atoms with Crippen molar-refractivity contribution in [3.63, 3.8) is 0 Å². The minimum Gasteiger partial charge on any atom is -0.497 e. The number of aryl methyl sites for hydroxylation is 1. The molecule has 0 bridgehead atoms. The van der Waals surface area contributed by atoms with E-state index < -0.39 is 0 Å². The minimum atomic E-state index is -0.258. The van der Waals surface area contributed by atoms with Gasteiger partial charge >= 0.3 is 0 Å². The molecule has 1 aliphatic rings. The second-order valence-electron chi connectivity index (χ2n) is 8.79. The number of carbonyl (C=O) groups excluding carboxylic acids is 2. The van der Waals surface area contributed by atoms with E-state index in [0.717, 1.165) is 23.6 Å². The lowest BCUT2D eigenvalue weighted by molar-refractivity contribution is 0.0790. The quantitative estimate of drug-likeness (QED) is 0.595. The van der Waals surface area contributed by atoms with E-state index >= 15 is 0 Å². The summed E-state index contributed by atoms with van der Waals surface area (Å²) in [6.07, 6.45) is 2.47. The van der Waals surface area contributed by atoms with Crippen LogP contribution in [0.4, 0.5) is 11.5 Å². The predicted octanol–water partition coefficient (Wildman–Crippen LogP) is 4.35. The Morgan fingerprint density at radius 1 is 1.06 bits per heavy atom. The van der Waals surface area contributed by atoms with Gasteiger partial charge in [-0.15, -0.1) is 0 Å². The number of benzene rings is 2. The van der Waals surface area contributed by atoms with Gasteiger partial charge in [0.1, 0.15) is 11.6 Å². The molecule has 2 aromatic carbocycles. The molecule has 34 heavy (non-hydrogen) atoms. The number of rotatable bonds is 6. The minimum absolute atomic E-state index is 0.0245. The molecule has 1 aliphatic heterocycles. The van der Waals surface area contributed by atoms with Crippen LogP contribution in [0.3, 0.4) is 0 Å². The number of anilines is 2. The number of hydrogen-bond acceptors (Lipinski definition) is 5. The van der Waals surface area contributed by atoms with Crippen LogP contribution >= 0.6 is 0 Å². The molecule has 4 rings (SSSR count). The van der Waals surface area contributed by atoms with E-state index in [1.807, 2.05) is 55.1 Å². The Bertz CT molecular complexity index is 1170. The van der Waals surface area contributed by atoms with E-state index in [1.165, 1.54) is 5.56 Å². The molecule has 1 fully saturated rings. The normalized spacial score (nSPS) is 15.2. The van der Waals surface area contributed by atoms with Crippen LogP contribution in [-0.4, -0.2) is 56.0 Å². The Hall–Kier alpha value is -3.87. The monoisotopic (exact) mass is 458 g/mol. The Morgan fingerprint density at radius 2 is 1.79 bits per heavy atom. The fourth-order valence-electron chi connectivity index (χ4n) is 4.14. The van der Waals surface area contributed by atoms with E-state index in [2.05, 4.69) is 22.4 Å². The van der Waals surface area contributed by atoms with Crippen LogP contribution in [0, 0.1) is 6.92 Å². The number of hydrogen-bond donors (Lipinski definition) is 1. The average Bonchev–Trinajstić information content (AvgIpc) is 3.35. The largest absolute Gasteiger partial charge is 0.497 e. The number of nitrogens with one attached hydrogen (secondary N) is 1. The summed E-state index contributed by atoms with van der Waals surface area (Å²) in [6.45, 7) is 3.28. The molecule has 0 spiro atoms. The highest BCUT2D eigenvalue weighted by molar-refractivity contribution is 6.05. The van der Waals surface area contributed by atoms with Crippen molar-refractivity contribution in [1.82, 2.24) is 9.88 Å². The molecule has 1 N–H and O–H groups in total. The summed E-state index contributed by atoms with van der Waals surface area (Å²) < 4.78 is 5.24.